The minimum atomic E-state index is -1.03. The van der Waals surface area contributed by atoms with Crippen LogP contribution in [0.15, 0.2) is 42.5 Å². The van der Waals surface area contributed by atoms with Crippen LogP contribution >= 0.6 is 0 Å². The average Bonchev–Trinajstić information content (AvgIpc) is 1.76. The van der Waals surface area contributed by atoms with Gasteiger partial charge in [0.25, 0.3) is 11.8 Å². The molecule has 89 heavy (non-hydrogen) atoms. The first-order valence-corrected chi connectivity index (χ1v) is 31.8. The highest BCUT2D eigenvalue weighted by atomic mass is 16.5. The lowest BCUT2D eigenvalue weighted by Crippen LogP contribution is -2.59. The minimum Gasteiger partial charge on any atom is -0.496 e. The summed E-state index contributed by atoms with van der Waals surface area (Å²) in [5.41, 5.74) is 2.35. The van der Waals surface area contributed by atoms with E-state index >= 15 is 0 Å². The molecule has 4 atom stereocenters. The first-order chi connectivity index (χ1) is 42.6. The number of carboxylic acid groups (broad SMARTS) is 3. The Morgan fingerprint density at radius 1 is 0.708 bits per heavy atom. The van der Waals surface area contributed by atoms with Gasteiger partial charge in [-0.25, -0.2) is 4.68 Å². The van der Waals surface area contributed by atoms with Gasteiger partial charge in [0.15, 0.2) is 5.69 Å². The smallest absolute Gasteiger partial charge is 0.317 e. The van der Waals surface area contributed by atoms with E-state index in [4.69, 9.17) is 14.6 Å². The van der Waals surface area contributed by atoms with Crippen LogP contribution in [0.1, 0.15) is 130 Å². The quantitative estimate of drug-likeness (QED) is 0.0407. The molecule has 4 amide bonds. The SMILES string of the molecule is CCC1CC2CCC(C=O)(NC(=O)c3cc(-c4c(OC)cccc4OC)n(-c4ccc(C(=O)N(C)CCCN(C)CCCN(C)C(=O)CCCCCNC(=O)CN5CCN(CC(=O)O)CCN(CC(=O)O)CCN(CC(=O)O)CC5)cc4C(C)C)n3)C(C1)C2. The van der Waals surface area contributed by atoms with Crippen molar-refractivity contribution >= 4 is 47.8 Å². The Balaban J connectivity index is 0.950. The molecule has 492 valence electrons. The second-order valence-electron chi connectivity index (χ2n) is 25.0. The highest BCUT2D eigenvalue weighted by Gasteiger charge is 2.48. The van der Waals surface area contributed by atoms with E-state index in [1.807, 2.05) is 63.2 Å². The van der Waals surface area contributed by atoms with Crippen molar-refractivity contribution in [3.8, 4) is 28.4 Å². The lowest BCUT2D eigenvalue weighted by atomic mass is 9.60. The van der Waals surface area contributed by atoms with Crippen LogP contribution in [0.2, 0.25) is 0 Å². The molecular weight excluding hydrogens is 1140 g/mol. The Bertz CT molecular complexity index is 2810. The molecule has 5 N–H and O–H groups in total. The molecule has 6 rings (SSSR count). The lowest BCUT2D eigenvalue weighted by Gasteiger charge is -2.49. The van der Waals surface area contributed by atoms with E-state index in [1.165, 1.54) is 6.42 Å². The summed E-state index contributed by atoms with van der Waals surface area (Å²) in [7, 11) is 8.79. The van der Waals surface area contributed by atoms with E-state index in [-0.39, 0.29) is 74.5 Å². The number of benzene rings is 2. The predicted octanol–water partition coefficient (Wildman–Crippen LogP) is 4.98. The predicted molar refractivity (Wildman–Crippen MR) is 338 cm³/mol. The molecule has 24 heteroatoms. The van der Waals surface area contributed by atoms with E-state index in [2.05, 4.69) is 22.5 Å². The number of ether oxygens (including phenoxy) is 2. The van der Waals surface area contributed by atoms with Crippen LogP contribution in [0.25, 0.3) is 16.9 Å². The number of fused-ring (bicyclic) bond motifs is 2. The summed E-state index contributed by atoms with van der Waals surface area (Å²) < 4.78 is 13.4. The molecule has 1 aliphatic heterocycles. The number of aliphatic carboxylic acids is 3. The Hall–Kier alpha value is -6.99. The number of nitrogens with one attached hydrogen (secondary N) is 2. The van der Waals surface area contributed by atoms with Gasteiger partial charge in [-0.3, -0.25) is 53.2 Å². The summed E-state index contributed by atoms with van der Waals surface area (Å²) in [6.07, 6.45) is 10.5. The molecule has 0 radical (unpaired) electrons. The molecule has 1 saturated heterocycles. The summed E-state index contributed by atoms with van der Waals surface area (Å²) in [4.78, 5) is 115. The second kappa shape index (κ2) is 34.8. The number of amides is 4. The van der Waals surface area contributed by atoms with Crippen molar-refractivity contribution in [3.05, 3.63) is 59.3 Å². The number of carboxylic acids is 3. The van der Waals surface area contributed by atoms with Gasteiger partial charge in [0, 0.05) is 98.1 Å². The van der Waals surface area contributed by atoms with Crippen LogP contribution in [-0.4, -0.2) is 259 Å². The van der Waals surface area contributed by atoms with Crippen molar-refractivity contribution in [2.45, 2.75) is 109 Å². The third-order valence-corrected chi connectivity index (χ3v) is 18.1. The summed E-state index contributed by atoms with van der Waals surface area (Å²) in [5, 5.41) is 39.6. The topological polar surface area (TPSA) is 280 Å². The average molecular weight is 1240 g/mol. The van der Waals surface area contributed by atoms with Crippen molar-refractivity contribution in [2.24, 2.45) is 17.8 Å². The monoisotopic (exact) mass is 1240 g/mol. The molecule has 2 heterocycles. The Morgan fingerprint density at radius 2 is 1.27 bits per heavy atom. The fraction of sp³-hybridized carbons (Fsp3) is 0.646. The Kier molecular flexibility index (Phi) is 27.8. The summed E-state index contributed by atoms with van der Waals surface area (Å²) in [5.74, 6) is -1.66. The number of carbonyl (C=O) groups excluding carboxylic acids is 5. The first kappa shape index (κ1) is 71.1. The number of hydrogen-bond donors (Lipinski definition) is 5. The number of nitrogens with zero attached hydrogens (tertiary/aromatic N) is 9. The normalized spacial score (nSPS) is 19.8. The maximum Gasteiger partial charge on any atom is 0.317 e. The minimum absolute atomic E-state index is 0.0380. The maximum atomic E-state index is 14.5. The number of rotatable bonds is 32. The van der Waals surface area contributed by atoms with E-state index < -0.39 is 29.4 Å². The number of methoxy groups -OCH3 is 2. The van der Waals surface area contributed by atoms with Gasteiger partial charge in [-0.1, -0.05) is 39.7 Å². The summed E-state index contributed by atoms with van der Waals surface area (Å²) >= 11 is 0. The number of aldehydes is 1. The van der Waals surface area contributed by atoms with Gasteiger partial charge in [0.2, 0.25) is 11.8 Å². The molecule has 3 aliphatic rings. The standard InChI is InChI=1S/C65H99N11O13/c1-9-47-36-48-21-22-65(45-77,50(37-47)38-48)67-63(86)52-40-54(62-55(88-7)16-13-17-56(62)89-8)76(68-52)53-20-19-49(39-51(53)46(2)3)64(87)71(6)27-15-25-69(4)24-14-26-70(5)58(79)18-11-10-12-23-66-57(78)41-72-28-30-73(42-59(80)81)32-34-75(44-61(84)85)35-33-74(31-29-72)43-60(82)83/h13,16-17,19-20,39-40,45-48,50H,9-12,14-15,18,21-38,41-44H2,1-8H3,(H,66,78)(H,67,86)(H,80,81)(H,82,83)(H,84,85). The van der Waals surface area contributed by atoms with Crippen molar-refractivity contribution < 1.29 is 63.1 Å². The molecule has 3 fully saturated rings. The van der Waals surface area contributed by atoms with Crippen LogP contribution in [-0.2, 0) is 28.8 Å². The fourth-order valence-corrected chi connectivity index (χ4v) is 12.9. The molecule has 3 aromatic rings. The maximum absolute atomic E-state index is 14.5. The third-order valence-electron chi connectivity index (χ3n) is 18.1. The molecule has 24 nitrogen and oxygen atoms in total. The first-order valence-electron chi connectivity index (χ1n) is 31.8. The molecule has 2 bridgehead atoms. The second-order valence-corrected chi connectivity index (χ2v) is 25.0. The largest absolute Gasteiger partial charge is 0.496 e. The zero-order valence-corrected chi connectivity index (χ0v) is 53.9. The van der Waals surface area contributed by atoms with Crippen LogP contribution in [0.4, 0.5) is 0 Å². The lowest BCUT2D eigenvalue weighted by molar-refractivity contribution is -0.140. The highest BCUT2D eigenvalue weighted by molar-refractivity contribution is 5.97. The Morgan fingerprint density at radius 3 is 1.80 bits per heavy atom. The molecular formula is C65H99N11O13. The van der Waals surface area contributed by atoms with E-state index in [1.54, 1.807) is 62.6 Å². The van der Waals surface area contributed by atoms with Gasteiger partial charge in [-0.05, 0) is 144 Å². The van der Waals surface area contributed by atoms with Crippen molar-refractivity contribution in [1.82, 2.24) is 54.7 Å². The molecule has 2 aromatic carbocycles. The number of aromatic nitrogens is 2. The van der Waals surface area contributed by atoms with Crippen molar-refractivity contribution in [3.63, 3.8) is 0 Å². The third kappa shape index (κ3) is 21.0. The molecule has 2 aliphatic carbocycles. The zero-order valence-electron chi connectivity index (χ0n) is 53.9. The van der Waals surface area contributed by atoms with Crippen molar-refractivity contribution in [1.29, 1.82) is 0 Å². The van der Waals surface area contributed by atoms with Crippen molar-refractivity contribution in [2.75, 3.05) is 147 Å². The van der Waals surface area contributed by atoms with Gasteiger partial charge < -0.3 is 54.9 Å². The molecule has 0 spiro atoms. The summed E-state index contributed by atoms with van der Waals surface area (Å²) in [6.45, 7) is 11.1. The van der Waals surface area contributed by atoms with Gasteiger partial charge in [0.05, 0.1) is 62.9 Å². The molecule has 2 saturated carbocycles. The van der Waals surface area contributed by atoms with Gasteiger partial charge in [0.1, 0.15) is 17.8 Å². The van der Waals surface area contributed by atoms with Gasteiger partial charge in [-0.15, -0.1) is 0 Å². The van der Waals surface area contributed by atoms with Gasteiger partial charge >= 0.3 is 17.9 Å². The van der Waals surface area contributed by atoms with E-state index in [9.17, 15) is 53.7 Å². The fourth-order valence-electron chi connectivity index (χ4n) is 12.9. The van der Waals surface area contributed by atoms with E-state index in [0.29, 0.717) is 130 Å². The van der Waals surface area contributed by atoms with Crippen LogP contribution < -0.4 is 20.1 Å². The van der Waals surface area contributed by atoms with Crippen LogP contribution in [0.5, 0.6) is 11.5 Å². The highest BCUT2D eigenvalue weighted by Crippen LogP contribution is 2.48. The van der Waals surface area contributed by atoms with Crippen LogP contribution in [0.3, 0.4) is 0 Å². The van der Waals surface area contributed by atoms with E-state index in [0.717, 1.165) is 69.9 Å². The summed E-state index contributed by atoms with van der Waals surface area (Å²) in [6, 6.07) is 12.8. The van der Waals surface area contributed by atoms with Crippen LogP contribution in [0, 0.1) is 17.8 Å². The van der Waals surface area contributed by atoms with Gasteiger partial charge in [-0.2, -0.15) is 5.10 Å². The number of carbonyl (C=O) groups is 8. The molecule has 4 unspecified atom stereocenters. The number of hydrogen-bond acceptors (Lipinski definition) is 16. The zero-order chi connectivity index (χ0) is 64.8. The number of unbranched alkanes of at least 4 members (excludes halogenated alkanes) is 2. The Labute approximate surface area is 525 Å². The molecule has 1 aromatic heterocycles.